The van der Waals surface area contributed by atoms with Crippen LogP contribution in [0.1, 0.15) is 38.2 Å². The molecule has 1 N–H and O–H groups in total. The van der Waals surface area contributed by atoms with Crippen molar-refractivity contribution in [2.24, 2.45) is 0 Å². The van der Waals surface area contributed by atoms with Gasteiger partial charge in [0.15, 0.2) is 6.29 Å². The summed E-state index contributed by atoms with van der Waals surface area (Å²) in [6, 6.07) is 0. The first-order valence-corrected chi connectivity index (χ1v) is 5.38. The lowest BCUT2D eigenvalue weighted by Gasteiger charge is -2.19. The number of aldehydes is 1. The number of aromatic nitrogens is 2. The molecule has 0 saturated carbocycles. The Bertz CT molecular complexity index is 418. The number of nitrogens with zero attached hydrogens (tertiary/aromatic N) is 2. The second-order valence-electron chi connectivity index (χ2n) is 4.50. The van der Waals surface area contributed by atoms with Crippen LogP contribution in [0.3, 0.4) is 0 Å². The van der Waals surface area contributed by atoms with Crippen molar-refractivity contribution in [1.82, 2.24) is 9.78 Å². The summed E-state index contributed by atoms with van der Waals surface area (Å²) < 4.78 is 6.58. The maximum absolute atomic E-state index is 11.5. The van der Waals surface area contributed by atoms with Gasteiger partial charge in [0, 0.05) is 6.54 Å². The first kappa shape index (κ1) is 13.2. The molecule has 0 aliphatic heterocycles. The highest BCUT2D eigenvalue weighted by Crippen LogP contribution is 2.15. The molecule has 6 nitrogen and oxygen atoms in total. The number of ether oxygens (including phenoxy) is 1. The summed E-state index contributed by atoms with van der Waals surface area (Å²) >= 11 is 0. The largest absolute Gasteiger partial charge is 0.444 e. The van der Waals surface area contributed by atoms with E-state index in [1.165, 1.54) is 10.9 Å². The molecule has 0 aliphatic carbocycles. The molecule has 6 heteroatoms. The molecule has 0 fully saturated rings. The van der Waals surface area contributed by atoms with E-state index in [9.17, 15) is 9.59 Å². The minimum Gasteiger partial charge on any atom is -0.444 e. The minimum absolute atomic E-state index is 0.332. The average Bonchev–Trinajstić information content (AvgIpc) is 2.56. The summed E-state index contributed by atoms with van der Waals surface area (Å²) in [7, 11) is 0. The van der Waals surface area contributed by atoms with E-state index < -0.39 is 11.7 Å². The van der Waals surface area contributed by atoms with Crippen molar-refractivity contribution >= 4 is 18.1 Å². The zero-order chi connectivity index (χ0) is 13.1. The standard InChI is InChI=1S/C11H17N3O3/c1-5-14-9(7-15)8(6-12-14)13-10(16)17-11(2,3)4/h6-7H,5H2,1-4H3,(H,13,16). The number of amides is 1. The van der Waals surface area contributed by atoms with Crippen LogP contribution in [0, 0.1) is 0 Å². The highest BCUT2D eigenvalue weighted by atomic mass is 16.6. The molecule has 0 bridgehead atoms. The van der Waals surface area contributed by atoms with Crippen molar-refractivity contribution in [1.29, 1.82) is 0 Å². The number of hydrogen-bond acceptors (Lipinski definition) is 4. The van der Waals surface area contributed by atoms with Crippen LogP contribution >= 0.6 is 0 Å². The summed E-state index contributed by atoms with van der Waals surface area (Å²) in [4.78, 5) is 22.4. The predicted octanol–water partition coefficient (Wildman–Crippen LogP) is 2.06. The second-order valence-corrected chi connectivity index (χ2v) is 4.50. The van der Waals surface area contributed by atoms with Gasteiger partial charge < -0.3 is 4.74 Å². The van der Waals surface area contributed by atoms with E-state index in [1.54, 1.807) is 20.8 Å². The van der Waals surface area contributed by atoms with E-state index in [2.05, 4.69) is 10.4 Å². The van der Waals surface area contributed by atoms with Gasteiger partial charge in [0.25, 0.3) is 0 Å². The van der Waals surface area contributed by atoms with Crippen LogP contribution in [-0.4, -0.2) is 27.8 Å². The Morgan fingerprint density at radius 3 is 2.71 bits per heavy atom. The smallest absolute Gasteiger partial charge is 0.412 e. The third-order valence-corrected chi connectivity index (χ3v) is 1.93. The maximum Gasteiger partial charge on any atom is 0.412 e. The Hall–Kier alpha value is -1.85. The van der Waals surface area contributed by atoms with E-state index in [-0.39, 0.29) is 0 Å². The summed E-state index contributed by atoms with van der Waals surface area (Å²) in [6.07, 6.45) is 1.48. The van der Waals surface area contributed by atoms with Crippen molar-refractivity contribution in [2.75, 3.05) is 5.32 Å². The molecule has 0 atom stereocenters. The molecule has 1 rings (SSSR count). The monoisotopic (exact) mass is 239 g/mol. The zero-order valence-corrected chi connectivity index (χ0v) is 10.5. The highest BCUT2D eigenvalue weighted by molar-refractivity contribution is 5.91. The first-order valence-electron chi connectivity index (χ1n) is 5.38. The molecule has 17 heavy (non-hydrogen) atoms. The van der Waals surface area contributed by atoms with Crippen LogP contribution < -0.4 is 5.32 Å². The zero-order valence-electron chi connectivity index (χ0n) is 10.5. The molecule has 1 amide bonds. The molecule has 0 aromatic carbocycles. The lowest BCUT2D eigenvalue weighted by atomic mass is 10.2. The Morgan fingerprint density at radius 1 is 1.59 bits per heavy atom. The number of anilines is 1. The van der Waals surface area contributed by atoms with Gasteiger partial charge in [-0.15, -0.1) is 0 Å². The van der Waals surface area contributed by atoms with Crippen LogP contribution in [0.25, 0.3) is 0 Å². The van der Waals surface area contributed by atoms with Gasteiger partial charge in [-0.3, -0.25) is 14.8 Å². The molecule has 0 radical (unpaired) electrons. The van der Waals surface area contributed by atoms with Gasteiger partial charge >= 0.3 is 6.09 Å². The molecule has 0 spiro atoms. The molecule has 1 aromatic rings. The third-order valence-electron chi connectivity index (χ3n) is 1.93. The summed E-state index contributed by atoms with van der Waals surface area (Å²) in [6.45, 7) is 7.72. The van der Waals surface area contributed by atoms with Crippen LogP contribution in [0.4, 0.5) is 10.5 Å². The number of rotatable bonds is 3. The van der Waals surface area contributed by atoms with Gasteiger partial charge in [-0.25, -0.2) is 4.79 Å². The number of nitrogens with one attached hydrogen (secondary N) is 1. The van der Waals surface area contributed by atoms with Crippen LogP contribution in [0.2, 0.25) is 0 Å². The van der Waals surface area contributed by atoms with E-state index in [4.69, 9.17) is 4.74 Å². The van der Waals surface area contributed by atoms with E-state index in [0.717, 1.165) is 0 Å². The lowest BCUT2D eigenvalue weighted by Crippen LogP contribution is -2.27. The fourth-order valence-electron chi connectivity index (χ4n) is 1.28. The quantitative estimate of drug-likeness (QED) is 0.819. The summed E-state index contributed by atoms with van der Waals surface area (Å²) in [5.74, 6) is 0. The topological polar surface area (TPSA) is 73.2 Å². The van der Waals surface area contributed by atoms with E-state index >= 15 is 0 Å². The Balaban J connectivity index is 2.78. The van der Waals surface area contributed by atoms with Gasteiger partial charge in [0.1, 0.15) is 11.3 Å². The molecular weight excluding hydrogens is 222 g/mol. The van der Waals surface area contributed by atoms with Gasteiger partial charge in [-0.05, 0) is 27.7 Å². The number of carbonyl (C=O) groups is 2. The fraction of sp³-hybridized carbons (Fsp3) is 0.545. The van der Waals surface area contributed by atoms with Gasteiger partial charge in [0.05, 0.1) is 11.9 Å². The molecule has 0 saturated heterocycles. The van der Waals surface area contributed by atoms with Gasteiger partial charge in [-0.1, -0.05) is 0 Å². The third kappa shape index (κ3) is 3.58. The molecular formula is C11H17N3O3. The van der Waals surface area contributed by atoms with Crippen molar-refractivity contribution in [2.45, 2.75) is 39.8 Å². The van der Waals surface area contributed by atoms with Gasteiger partial charge in [0.2, 0.25) is 0 Å². The second kappa shape index (κ2) is 4.99. The Morgan fingerprint density at radius 2 is 2.24 bits per heavy atom. The van der Waals surface area contributed by atoms with E-state index in [0.29, 0.717) is 24.2 Å². The molecule has 1 aromatic heterocycles. The van der Waals surface area contributed by atoms with Crippen LogP contribution in [-0.2, 0) is 11.3 Å². The van der Waals surface area contributed by atoms with Crippen molar-refractivity contribution < 1.29 is 14.3 Å². The number of carbonyl (C=O) groups excluding carboxylic acids is 2. The SMILES string of the molecule is CCn1ncc(NC(=O)OC(C)(C)C)c1C=O. The Kier molecular flexibility index (Phi) is 3.88. The number of hydrogen-bond donors (Lipinski definition) is 1. The molecule has 94 valence electrons. The van der Waals surface area contributed by atoms with Crippen molar-refractivity contribution in [3.05, 3.63) is 11.9 Å². The first-order chi connectivity index (χ1) is 7.87. The van der Waals surface area contributed by atoms with Crippen molar-refractivity contribution in [3.8, 4) is 0 Å². The maximum atomic E-state index is 11.5. The summed E-state index contributed by atoms with van der Waals surface area (Å²) in [5, 5.41) is 6.47. The van der Waals surface area contributed by atoms with E-state index in [1.807, 2.05) is 6.92 Å². The van der Waals surface area contributed by atoms with Crippen LogP contribution in [0.15, 0.2) is 6.20 Å². The van der Waals surface area contributed by atoms with Crippen molar-refractivity contribution in [3.63, 3.8) is 0 Å². The average molecular weight is 239 g/mol. The van der Waals surface area contributed by atoms with Gasteiger partial charge in [-0.2, -0.15) is 5.10 Å². The Labute approximate surface area is 99.9 Å². The highest BCUT2D eigenvalue weighted by Gasteiger charge is 2.18. The minimum atomic E-state index is -0.601. The molecule has 0 aliphatic rings. The lowest BCUT2D eigenvalue weighted by molar-refractivity contribution is 0.0636. The fourth-order valence-corrected chi connectivity index (χ4v) is 1.28. The summed E-state index contributed by atoms with van der Waals surface area (Å²) in [5.41, 5.74) is 0.112. The number of aryl methyl sites for hydroxylation is 1. The molecule has 1 heterocycles. The normalized spacial score (nSPS) is 11.1. The predicted molar refractivity (Wildman–Crippen MR) is 63.1 cm³/mol. The van der Waals surface area contributed by atoms with Crippen LogP contribution in [0.5, 0.6) is 0 Å². The molecule has 0 unspecified atom stereocenters.